The molecule has 0 spiro atoms. The van der Waals surface area contributed by atoms with Crippen molar-refractivity contribution in [2.45, 2.75) is 24.1 Å². The Morgan fingerprint density at radius 2 is 1.57 bits per heavy atom. The van der Waals surface area contributed by atoms with Crippen molar-refractivity contribution >= 4 is 21.4 Å². The van der Waals surface area contributed by atoms with Gasteiger partial charge in [-0.25, -0.2) is 12.8 Å². The summed E-state index contributed by atoms with van der Waals surface area (Å²) < 4.78 is 65.3. The van der Waals surface area contributed by atoms with Crippen molar-refractivity contribution in [3.8, 4) is 11.5 Å². The molecule has 1 N–H and O–H groups in total. The van der Waals surface area contributed by atoms with Crippen molar-refractivity contribution in [1.82, 2.24) is 4.31 Å². The van der Waals surface area contributed by atoms with E-state index in [1.165, 1.54) is 14.2 Å². The maximum atomic E-state index is 15.3. The van der Waals surface area contributed by atoms with Crippen LogP contribution in [-0.2, 0) is 32.6 Å². The summed E-state index contributed by atoms with van der Waals surface area (Å²) in [5.74, 6) is 0.122. The molecule has 0 radical (unpaired) electrons. The number of nitrogens with one attached hydrogen (secondary N) is 1. The van der Waals surface area contributed by atoms with Crippen molar-refractivity contribution in [3.05, 3.63) is 87.7 Å². The molecule has 1 fully saturated rings. The maximum absolute atomic E-state index is 15.3. The number of benzene rings is 3. The lowest BCUT2D eigenvalue weighted by Gasteiger charge is -2.24. The van der Waals surface area contributed by atoms with E-state index in [4.69, 9.17) is 18.9 Å². The Labute approximate surface area is 231 Å². The van der Waals surface area contributed by atoms with Gasteiger partial charge in [0.25, 0.3) is 5.69 Å². The van der Waals surface area contributed by atoms with Gasteiger partial charge in [-0.1, -0.05) is 24.3 Å². The third-order valence-corrected chi connectivity index (χ3v) is 8.07. The number of hydrogen-bond donors (Lipinski definition) is 1. The second-order valence-corrected chi connectivity index (χ2v) is 10.9. The van der Waals surface area contributed by atoms with Crippen molar-refractivity contribution < 1.29 is 36.7 Å². The summed E-state index contributed by atoms with van der Waals surface area (Å²) in [7, 11) is -1.37. The second kappa shape index (κ2) is 13.0. The number of anilines is 1. The quantitative estimate of drug-likeness (QED) is 0.252. The molecule has 0 aliphatic carbocycles. The maximum Gasteiger partial charge on any atom is 0.296 e. The number of hydrogen-bond acceptors (Lipinski definition) is 9. The first kappa shape index (κ1) is 29.2. The number of nitrogens with zero attached hydrogens (tertiary/aromatic N) is 2. The molecule has 0 amide bonds. The summed E-state index contributed by atoms with van der Waals surface area (Å²) in [4.78, 5) is 10.5. The number of nitro benzene ring substituents is 1. The van der Waals surface area contributed by atoms with E-state index in [9.17, 15) is 18.5 Å². The van der Waals surface area contributed by atoms with Crippen LogP contribution in [0.25, 0.3) is 0 Å². The number of halogens is 1. The van der Waals surface area contributed by atoms with E-state index in [-0.39, 0.29) is 26.2 Å². The van der Waals surface area contributed by atoms with E-state index >= 15 is 4.39 Å². The summed E-state index contributed by atoms with van der Waals surface area (Å²) in [5, 5.41) is 14.6. The molecule has 1 atom stereocenters. The zero-order valence-electron chi connectivity index (χ0n) is 22.0. The first-order valence-corrected chi connectivity index (χ1v) is 13.8. The Morgan fingerprint density at radius 3 is 2.05 bits per heavy atom. The fourth-order valence-electron chi connectivity index (χ4n) is 4.15. The van der Waals surface area contributed by atoms with Gasteiger partial charge in [-0.15, -0.1) is 0 Å². The molecule has 1 aliphatic heterocycles. The van der Waals surface area contributed by atoms with Gasteiger partial charge >= 0.3 is 0 Å². The number of ether oxygens (including phenoxy) is 4. The number of sulfonamides is 1. The lowest BCUT2D eigenvalue weighted by Crippen LogP contribution is -2.34. The van der Waals surface area contributed by atoms with Gasteiger partial charge in [-0.2, -0.15) is 4.31 Å². The van der Waals surface area contributed by atoms with Gasteiger partial charge in [-0.3, -0.25) is 10.1 Å². The number of rotatable bonds is 12. The smallest absolute Gasteiger partial charge is 0.296 e. The Kier molecular flexibility index (Phi) is 9.53. The molecular weight excluding hydrogens is 545 g/mol. The van der Waals surface area contributed by atoms with E-state index < -0.39 is 43.1 Å². The summed E-state index contributed by atoms with van der Waals surface area (Å²) >= 11 is 0. The lowest BCUT2D eigenvalue weighted by molar-refractivity contribution is -0.384. The third-order valence-electron chi connectivity index (χ3n) is 6.30. The van der Waals surface area contributed by atoms with Crippen molar-refractivity contribution in [2.75, 3.05) is 45.9 Å². The number of nitro groups is 1. The molecule has 1 aliphatic rings. The summed E-state index contributed by atoms with van der Waals surface area (Å²) in [6.45, 7) is 0.929. The molecule has 3 aromatic rings. The summed E-state index contributed by atoms with van der Waals surface area (Å²) in [6.07, 6.45) is -0.430. The van der Waals surface area contributed by atoms with Crippen molar-refractivity contribution in [3.63, 3.8) is 0 Å². The Balaban J connectivity index is 1.67. The minimum absolute atomic E-state index is 0.0465. The molecule has 13 heteroatoms. The van der Waals surface area contributed by atoms with Crippen LogP contribution in [0.15, 0.2) is 65.6 Å². The Hall–Kier alpha value is -3.78. The van der Waals surface area contributed by atoms with E-state index in [2.05, 4.69) is 5.32 Å². The van der Waals surface area contributed by atoms with Gasteiger partial charge < -0.3 is 24.3 Å². The van der Waals surface area contributed by atoms with Gasteiger partial charge in [0.05, 0.1) is 50.0 Å². The van der Waals surface area contributed by atoms with Gasteiger partial charge in [0.15, 0.2) is 5.82 Å². The standard InChI is InChI=1S/C27H30FN3O8S/c1-36-21-7-3-19(4-8-21)16-30(17-20-5-9-22(37-2)10-6-20)40(34,35)24-13-25(28)27(26(14-24)31(32)33)29-15-23-18-38-11-12-39-23/h3-10,13-14,23,29H,11-12,15-18H2,1-2H3/t23-/m0/s1. The molecule has 1 heterocycles. The molecule has 4 rings (SSSR count). The first-order chi connectivity index (χ1) is 19.2. The largest absolute Gasteiger partial charge is 0.497 e. The fraction of sp³-hybridized carbons (Fsp3) is 0.333. The molecule has 3 aromatic carbocycles. The predicted octanol–water partition coefficient (Wildman–Crippen LogP) is 3.97. The molecule has 0 saturated carbocycles. The second-order valence-electron chi connectivity index (χ2n) is 8.97. The van der Waals surface area contributed by atoms with E-state index in [0.29, 0.717) is 35.8 Å². The summed E-state index contributed by atoms with van der Waals surface area (Å²) in [6, 6.07) is 15.3. The minimum Gasteiger partial charge on any atom is -0.497 e. The van der Waals surface area contributed by atoms with Crippen LogP contribution in [-0.4, -0.2) is 64.3 Å². The molecule has 40 heavy (non-hydrogen) atoms. The van der Waals surface area contributed by atoms with E-state index in [1.807, 2.05) is 0 Å². The predicted molar refractivity (Wildman–Crippen MR) is 145 cm³/mol. The average Bonchev–Trinajstić information content (AvgIpc) is 2.97. The normalized spacial score (nSPS) is 15.6. The number of methoxy groups -OCH3 is 2. The SMILES string of the molecule is COc1ccc(CN(Cc2ccc(OC)cc2)S(=O)(=O)c2cc(F)c(NC[C@H]3COCCO3)c([N+](=O)[O-])c2)cc1. The van der Waals surface area contributed by atoms with E-state index in [1.54, 1.807) is 48.5 Å². The third kappa shape index (κ3) is 7.04. The van der Waals surface area contributed by atoms with Crippen LogP contribution in [0.2, 0.25) is 0 Å². The van der Waals surface area contributed by atoms with Gasteiger partial charge in [0.2, 0.25) is 10.0 Å². The zero-order valence-corrected chi connectivity index (χ0v) is 22.9. The van der Waals surface area contributed by atoms with Gasteiger partial charge in [0, 0.05) is 25.7 Å². The first-order valence-electron chi connectivity index (χ1n) is 12.4. The van der Waals surface area contributed by atoms with Crippen LogP contribution in [0.4, 0.5) is 15.8 Å². The minimum atomic E-state index is -4.41. The molecule has 11 nitrogen and oxygen atoms in total. The zero-order chi connectivity index (χ0) is 28.7. The molecule has 0 unspecified atom stereocenters. The summed E-state index contributed by atoms with van der Waals surface area (Å²) in [5.41, 5.74) is 0.154. The van der Waals surface area contributed by atoms with Crippen molar-refractivity contribution in [2.24, 2.45) is 0 Å². The molecule has 0 aromatic heterocycles. The highest BCUT2D eigenvalue weighted by molar-refractivity contribution is 7.89. The van der Waals surface area contributed by atoms with Gasteiger partial charge in [-0.05, 0) is 41.5 Å². The topological polar surface area (TPSA) is 129 Å². The van der Waals surface area contributed by atoms with E-state index in [0.717, 1.165) is 16.4 Å². The van der Waals surface area contributed by atoms with Gasteiger partial charge in [0.1, 0.15) is 17.2 Å². The van der Waals surface area contributed by atoms with Crippen LogP contribution in [0, 0.1) is 15.9 Å². The van der Waals surface area contributed by atoms with Crippen LogP contribution in [0.1, 0.15) is 11.1 Å². The Bertz CT molecular complexity index is 1360. The van der Waals surface area contributed by atoms with Crippen molar-refractivity contribution in [1.29, 1.82) is 0 Å². The molecule has 1 saturated heterocycles. The molecule has 214 valence electrons. The van der Waals surface area contributed by atoms with Crippen LogP contribution < -0.4 is 14.8 Å². The highest BCUT2D eigenvalue weighted by atomic mass is 32.2. The Morgan fingerprint density at radius 1 is 1.00 bits per heavy atom. The lowest BCUT2D eigenvalue weighted by atomic mass is 10.2. The molecule has 0 bridgehead atoms. The molecular formula is C27H30FN3O8S. The fourth-order valence-corrected chi connectivity index (χ4v) is 5.60. The van der Waals surface area contributed by atoms with Crippen LogP contribution >= 0.6 is 0 Å². The van der Waals surface area contributed by atoms with Crippen LogP contribution in [0.5, 0.6) is 11.5 Å². The highest BCUT2D eigenvalue weighted by Gasteiger charge is 2.31. The average molecular weight is 576 g/mol. The van der Waals surface area contributed by atoms with Crippen LogP contribution in [0.3, 0.4) is 0 Å². The highest BCUT2D eigenvalue weighted by Crippen LogP contribution is 2.33. The monoisotopic (exact) mass is 575 g/mol.